The molecule has 0 radical (unpaired) electrons. The SMILES string of the molecule is CCc1c(-c2cn(-c3cc(NC(=O)c4cc(C(C)(C)C)ccc4OC)ccc3C)cn2)cnn1-c1ccccc1. The lowest BCUT2D eigenvalue weighted by Crippen LogP contribution is -2.17. The number of nitrogens with one attached hydrogen (secondary N) is 1. The molecule has 0 spiro atoms. The molecule has 0 aliphatic rings. The molecular weight excluding hydrogens is 498 g/mol. The number of amides is 1. The molecule has 2 heterocycles. The van der Waals surface area contributed by atoms with Gasteiger partial charge in [-0.2, -0.15) is 5.10 Å². The minimum atomic E-state index is -0.218. The first-order valence-electron chi connectivity index (χ1n) is 13.5. The molecule has 5 aromatic rings. The molecule has 5 rings (SSSR count). The van der Waals surface area contributed by atoms with Crippen LogP contribution in [-0.4, -0.2) is 32.3 Å². The predicted molar refractivity (Wildman–Crippen MR) is 160 cm³/mol. The van der Waals surface area contributed by atoms with E-state index in [2.05, 4.69) is 38.1 Å². The first-order chi connectivity index (χ1) is 19.2. The van der Waals surface area contributed by atoms with E-state index in [9.17, 15) is 4.79 Å². The van der Waals surface area contributed by atoms with E-state index in [0.29, 0.717) is 17.0 Å². The van der Waals surface area contributed by atoms with E-state index in [1.165, 1.54) is 0 Å². The van der Waals surface area contributed by atoms with Crippen LogP contribution in [0.15, 0.2) is 85.5 Å². The Kier molecular flexibility index (Phi) is 7.30. The van der Waals surface area contributed by atoms with Crippen molar-refractivity contribution in [2.75, 3.05) is 12.4 Å². The highest BCUT2D eigenvalue weighted by Crippen LogP contribution is 2.30. The minimum Gasteiger partial charge on any atom is -0.496 e. The van der Waals surface area contributed by atoms with Gasteiger partial charge in [0.1, 0.15) is 5.75 Å². The van der Waals surface area contributed by atoms with Crippen molar-refractivity contribution in [3.05, 3.63) is 108 Å². The Hall–Kier alpha value is -4.65. The molecule has 0 unspecified atom stereocenters. The average Bonchev–Trinajstić information content (AvgIpc) is 3.61. The first-order valence-corrected chi connectivity index (χ1v) is 13.5. The van der Waals surface area contributed by atoms with Gasteiger partial charge >= 0.3 is 0 Å². The van der Waals surface area contributed by atoms with E-state index in [0.717, 1.165) is 45.9 Å². The number of nitrogens with zero attached hydrogens (tertiary/aromatic N) is 4. The van der Waals surface area contributed by atoms with Gasteiger partial charge in [0.15, 0.2) is 0 Å². The van der Waals surface area contributed by atoms with Crippen LogP contribution < -0.4 is 10.1 Å². The molecule has 0 atom stereocenters. The Morgan fingerprint density at radius 2 is 1.80 bits per heavy atom. The fraction of sp³-hybridized carbons (Fsp3) is 0.242. The van der Waals surface area contributed by atoms with Gasteiger partial charge in [0.25, 0.3) is 5.91 Å². The van der Waals surface area contributed by atoms with Gasteiger partial charge in [0.2, 0.25) is 0 Å². The van der Waals surface area contributed by atoms with Crippen molar-refractivity contribution in [3.63, 3.8) is 0 Å². The van der Waals surface area contributed by atoms with Crippen molar-refractivity contribution in [2.45, 2.75) is 46.5 Å². The Morgan fingerprint density at radius 1 is 1.02 bits per heavy atom. The van der Waals surface area contributed by atoms with Crippen LogP contribution in [-0.2, 0) is 11.8 Å². The number of anilines is 1. The van der Waals surface area contributed by atoms with Crippen molar-refractivity contribution in [1.82, 2.24) is 19.3 Å². The zero-order valence-electron chi connectivity index (χ0n) is 23.9. The Labute approximate surface area is 235 Å². The van der Waals surface area contributed by atoms with Crippen LogP contribution in [0, 0.1) is 6.92 Å². The third-order valence-electron chi connectivity index (χ3n) is 7.12. The third kappa shape index (κ3) is 5.27. The van der Waals surface area contributed by atoms with Gasteiger partial charge in [0, 0.05) is 17.4 Å². The zero-order valence-corrected chi connectivity index (χ0v) is 23.9. The molecule has 0 bridgehead atoms. The van der Waals surface area contributed by atoms with Gasteiger partial charge in [0.05, 0.1) is 48.0 Å². The van der Waals surface area contributed by atoms with Gasteiger partial charge in [-0.3, -0.25) is 4.79 Å². The first kappa shape index (κ1) is 26.9. The molecular formula is C33H35N5O2. The molecule has 1 N–H and O–H groups in total. The van der Waals surface area contributed by atoms with Gasteiger partial charge < -0.3 is 14.6 Å². The van der Waals surface area contributed by atoms with E-state index in [1.54, 1.807) is 13.4 Å². The summed E-state index contributed by atoms with van der Waals surface area (Å²) in [6, 6.07) is 21.8. The van der Waals surface area contributed by atoms with Crippen LogP contribution in [0.1, 0.15) is 54.9 Å². The van der Waals surface area contributed by atoms with E-state index in [1.807, 2.05) is 95.3 Å². The summed E-state index contributed by atoms with van der Waals surface area (Å²) in [5.74, 6) is 0.324. The summed E-state index contributed by atoms with van der Waals surface area (Å²) in [4.78, 5) is 18.1. The van der Waals surface area contributed by atoms with E-state index in [4.69, 9.17) is 9.72 Å². The van der Waals surface area contributed by atoms with Crippen LogP contribution in [0.5, 0.6) is 5.75 Å². The van der Waals surface area contributed by atoms with E-state index >= 15 is 0 Å². The standard InChI is InChI=1S/C33H35N5O2/c1-7-29-27(19-35-38(29)25-11-9-8-10-12-25)28-20-37(21-34-28)30-18-24(15-13-22(30)2)36-32(39)26-17-23(33(3,4)5)14-16-31(26)40-6/h8-21H,7H2,1-6H3,(H,36,39). The van der Waals surface area contributed by atoms with E-state index < -0.39 is 0 Å². The maximum absolute atomic E-state index is 13.4. The van der Waals surface area contributed by atoms with Crippen molar-refractivity contribution < 1.29 is 9.53 Å². The number of rotatable bonds is 7. The molecule has 7 heteroatoms. The fourth-order valence-corrected chi connectivity index (χ4v) is 4.83. The Bertz CT molecular complexity index is 1660. The van der Waals surface area contributed by atoms with Crippen LogP contribution in [0.2, 0.25) is 0 Å². The number of hydrogen-bond acceptors (Lipinski definition) is 4. The summed E-state index contributed by atoms with van der Waals surface area (Å²) in [6.45, 7) is 10.5. The van der Waals surface area contributed by atoms with Gasteiger partial charge in [-0.1, -0.05) is 58.0 Å². The van der Waals surface area contributed by atoms with Crippen LogP contribution in [0.4, 0.5) is 5.69 Å². The molecule has 3 aromatic carbocycles. The number of aryl methyl sites for hydroxylation is 1. The lowest BCUT2D eigenvalue weighted by molar-refractivity contribution is 0.102. The highest BCUT2D eigenvalue weighted by atomic mass is 16.5. The zero-order chi connectivity index (χ0) is 28.4. The molecule has 0 aliphatic carbocycles. The molecule has 0 saturated heterocycles. The van der Waals surface area contributed by atoms with Gasteiger partial charge in [-0.05, 0) is 66.3 Å². The molecule has 0 fully saturated rings. The smallest absolute Gasteiger partial charge is 0.259 e. The number of imidazole rings is 1. The number of methoxy groups -OCH3 is 1. The van der Waals surface area contributed by atoms with Crippen molar-refractivity contribution in [2.24, 2.45) is 0 Å². The third-order valence-corrected chi connectivity index (χ3v) is 7.12. The fourth-order valence-electron chi connectivity index (χ4n) is 4.83. The van der Waals surface area contributed by atoms with Crippen LogP contribution >= 0.6 is 0 Å². The van der Waals surface area contributed by atoms with Crippen molar-refractivity contribution in [3.8, 4) is 28.4 Å². The number of carbonyl (C=O) groups excluding carboxylic acids is 1. The maximum Gasteiger partial charge on any atom is 0.259 e. The normalized spacial score (nSPS) is 11.4. The van der Waals surface area contributed by atoms with Crippen LogP contribution in [0.3, 0.4) is 0 Å². The van der Waals surface area contributed by atoms with Crippen molar-refractivity contribution in [1.29, 1.82) is 0 Å². The lowest BCUT2D eigenvalue weighted by Gasteiger charge is -2.21. The summed E-state index contributed by atoms with van der Waals surface area (Å²) in [7, 11) is 1.58. The molecule has 7 nitrogen and oxygen atoms in total. The lowest BCUT2D eigenvalue weighted by atomic mass is 9.86. The molecule has 0 saturated carbocycles. The number of carbonyl (C=O) groups is 1. The average molecular weight is 534 g/mol. The van der Waals surface area contributed by atoms with Gasteiger partial charge in [-0.15, -0.1) is 0 Å². The quantitative estimate of drug-likeness (QED) is 0.241. The second-order valence-corrected chi connectivity index (χ2v) is 10.9. The van der Waals surface area contributed by atoms with E-state index in [-0.39, 0.29) is 11.3 Å². The summed E-state index contributed by atoms with van der Waals surface area (Å²) in [6.07, 6.45) is 6.51. The van der Waals surface area contributed by atoms with Crippen molar-refractivity contribution >= 4 is 11.6 Å². The minimum absolute atomic E-state index is 0.0906. The van der Waals surface area contributed by atoms with Gasteiger partial charge in [-0.25, -0.2) is 9.67 Å². The summed E-state index contributed by atoms with van der Waals surface area (Å²) in [5.41, 5.74) is 8.12. The number of aromatic nitrogens is 4. The monoisotopic (exact) mass is 533 g/mol. The largest absolute Gasteiger partial charge is 0.496 e. The number of ether oxygens (including phenoxy) is 1. The molecule has 40 heavy (non-hydrogen) atoms. The number of para-hydroxylation sites is 1. The highest BCUT2D eigenvalue weighted by Gasteiger charge is 2.20. The molecule has 204 valence electrons. The van der Waals surface area contributed by atoms with Crippen LogP contribution in [0.25, 0.3) is 22.6 Å². The maximum atomic E-state index is 13.4. The molecule has 1 amide bonds. The topological polar surface area (TPSA) is 74.0 Å². The summed E-state index contributed by atoms with van der Waals surface area (Å²) in [5, 5.41) is 7.71. The predicted octanol–water partition coefficient (Wildman–Crippen LogP) is 7.15. The number of hydrogen-bond donors (Lipinski definition) is 1. The summed E-state index contributed by atoms with van der Waals surface area (Å²) < 4.78 is 9.45. The Morgan fingerprint density at radius 3 is 2.50 bits per heavy atom. The summed E-state index contributed by atoms with van der Waals surface area (Å²) >= 11 is 0. The molecule has 0 aliphatic heterocycles. The second-order valence-electron chi connectivity index (χ2n) is 10.9. The number of benzene rings is 3. The highest BCUT2D eigenvalue weighted by molar-refractivity contribution is 6.06. The Balaban J connectivity index is 1.44. The second kappa shape index (κ2) is 10.8. The molecule has 2 aromatic heterocycles.